The number of nitrogens with one attached hydrogen (secondary N) is 1. The zero-order valence-corrected chi connectivity index (χ0v) is 22.3. The predicted octanol–water partition coefficient (Wildman–Crippen LogP) is 4.55. The highest BCUT2D eigenvalue weighted by Gasteiger charge is 2.37. The van der Waals surface area contributed by atoms with Crippen molar-refractivity contribution in [1.29, 1.82) is 0 Å². The summed E-state index contributed by atoms with van der Waals surface area (Å²) in [5.41, 5.74) is 7.67. The van der Waals surface area contributed by atoms with E-state index in [0.29, 0.717) is 28.7 Å². The average Bonchev–Trinajstić information content (AvgIpc) is 3.66. The van der Waals surface area contributed by atoms with Crippen molar-refractivity contribution in [3.63, 3.8) is 0 Å². The quantitative estimate of drug-likeness (QED) is 0.367. The van der Waals surface area contributed by atoms with E-state index in [-0.39, 0.29) is 18.1 Å². The second-order valence-corrected chi connectivity index (χ2v) is 10.4. The molecule has 0 bridgehead atoms. The van der Waals surface area contributed by atoms with E-state index < -0.39 is 5.91 Å². The minimum absolute atomic E-state index is 0.139. The molecule has 6 rings (SSSR count). The normalized spacial score (nSPS) is 20.3. The molecular formula is C29H32N8O3. The molecule has 4 aromatic rings. The highest BCUT2D eigenvalue weighted by atomic mass is 16.5. The molecule has 40 heavy (non-hydrogen) atoms. The second-order valence-electron chi connectivity index (χ2n) is 10.4. The van der Waals surface area contributed by atoms with Gasteiger partial charge < -0.3 is 20.7 Å². The van der Waals surface area contributed by atoms with Gasteiger partial charge in [0.05, 0.1) is 6.04 Å². The van der Waals surface area contributed by atoms with Crippen LogP contribution < -0.4 is 15.8 Å². The van der Waals surface area contributed by atoms with Crippen molar-refractivity contribution in [2.24, 2.45) is 11.7 Å². The van der Waals surface area contributed by atoms with Crippen molar-refractivity contribution < 1.29 is 14.3 Å². The third-order valence-corrected chi connectivity index (χ3v) is 8.06. The molecule has 2 amide bonds. The number of nitrogens with zero attached hydrogens (tertiary/aromatic N) is 6. The van der Waals surface area contributed by atoms with Crippen molar-refractivity contribution in [1.82, 2.24) is 29.4 Å². The lowest BCUT2D eigenvalue weighted by Crippen LogP contribution is -2.43. The molecule has 206 valence electrons. The van der Waals surface area contributed by atoms with E-state index in [1.54, 1.807) is 4.90 Å². The molecule has 1 atom stereocenters. The van der Waals surface area contributed by atoms with E-state index in [4.69, 9.17) is 15.6 Å². The van der Waals surface area contributed by atoms with Gasteiger partial charge in [-0.15, -0.1) is 0 Å². The first-order valence-corrected chi connectivity index (χ1v) is 13.6. The number of benzene rings is 2. The van der Waals surface area contributed by atoms with Gasteiger partial charge in [-0.05, 0) is 74.4 Å². The Hall–Kier alpha value is -4.67. The SMILES string of the molecule is CN(C(=O)n1cncn1)C1CCC(C2CCNc3c(C(N)=O)c(-c4ccc(Oc5ccccc5)cc4)nn32)CC1. The van der Waals surface area contributed by atoms with Gasteiger partial charge in [0.15, 0.2) is 0 Å². The monoisotopic (exact) mass is 540 g/mol. The molecular weight excluding hydrogens is 508 g/mol. The molecule has 2 aromatic carbocycles. The molecule has 0 radical (unpaired) electrons. The molecule has 11 heteroatoms. The zero-order valence-electron chi connectivity index (χ0n) is 22.3. The summed E-state index contributed by atoms with van der Waals surface area (Å²) in [6.07, 6.45) is 7.38. The number of para-hydroxylation sites is 1. The van der Waals surface area contributed by atoms with Crippen molar-refractivity contribution in [2.45, 2.75) is 44.2 Å². The Balaban J connectivity index is 1.20. The lowest BCUT2D eigenvalue weighted by Gasteiger charge is -2.39. The fourth-order valence-corrected chi connectivity index (χ4v) is 5.98. The van der Waals surface area contributed by atoms with Gasteiger partial charge in [0, 0.05) is 25.2 Å². The van der Waals surface area contributed by atoms with Crippen LogP contribution in [-0.4, -0.2) is 61.0 Å². The summed E-state index contributed by atoms with van der Waals surface area (Å²) < 4.78 is 9.16. The number of rotatable bonds is 6. The number of ether oxygens (including phenoxy) is 1. The standard InChI is InChI=1S/C29H32N8O3/c1-35(29(39)36-18-31-17-33-36)21-11-7-19(8-12-21)24-15-16-32-28-25(27(30)38)26(34-37(24)28)20-9-13-23(14-10-20)40-22-5-3-2-4-6-22/h2-6,9-10,13-14,17-19,21,24,32H,7-8,11-12,15-16H2,1H3,(H2,30,38). The van der Waals surface area contributed by atoms with E-state index in [9.17, 15) is 9.59 Å². The number of fused-ring (bicyclic) bond motifs is 1. The number of hydrogen-bond acceptors (Lipinski definition) is 7. The van der Waals surface area contributed by atoms with E-state index >= 15 is 0 Å². The van der Waals surface area contributed by atoms with Gasteiger partial charge in [-0.3, -0.25) is 4.79 Å². The van der Waals surface area contributed by atoms with Gasteiger partial charge in [0.2, 0.25) is 0 Å². The molecule has 3 heterocycles. The highest BCUT2D eigenvalue weighted by molar-refractivity contribution is 6.03. The molecule has 1 aliphatic heterocycles. The maximum atomic E-state index is 12.7. The van der Waals surface area contributed by atoms with Crippen LogP contribution in [0, 0.1) is 5.92 Å². The smallest absolute Gasteiger partial charge is 0.346 e. The van der Waals surface area contributed by atoms with Crippen LogP contribution in [0.2, 0.25) is 0 Å². The van der Waals surface area contributed by atoms with Crippen LogP contribution >= 0.6 is 0 Å². The molecule has 1 saturated carbocycles. The van der Waals surface area contributed by atoms with Crippen molar-refractivity contribution in [3.05, 3.63) is 72.8 Å². The van der Waals surface area contributed by atoms with Gasteiger partial charge in [-0.2, -0.15) is 14.9 Å². The Morgan fingerprint density at radius 2 is 1.73 bits per heavy atom. The van der Waals surface area contributed by atoms with Crippen LogP contribution in [0.1, 0.15) is 48.5 Å². The molecule has 1 fully saturated rings. The Morgan fingerprint density at radius 1 is 1.00 bits per heavy atom. The Kier molecular flexibility index (Phi) is 6.93. The maximum Gasteiger partial charge on any atom is 0.346 e. The third-order valence-electron chi connectivity index (χ3n) is 8.06. The molecule has 1 aliphatic carbocycles. The number of aromatic nitrogens is 5. The molecule has 3 N–H and O–H groups in total. The number of hydrogen-bond donors (Lipinski definition) is 2. The number of carbonyl (C=O) groups is 2. The Labute approximate surface area is 231 Å². The minimum atomic E-state index is -0.508. The second kappa shape index (κ2) is 10.8. The average molecular weight is 541 g/mol. The predicted molar refractivity (Wildman–Crippen MR) is 149 cm³/mol. The van der Waals surface area contributed by atoms with Gasteiger partial charge in [-0.1, -0.05) is 18.2 Å². The zero-order chi connectivity index (χ0) is 27.6. The third kappa shape index (κ3) is 4.90. The van der Waals surface area contributed by atoms with Gasteiger partial charge in [-0.25, -0.2) is 14.5 Å². The van der Waals surface area contributed by atoms with Gasteiger partial charge in [0.1, 0.15) is 41.2 Å². The van der Waals surface area contributed by atoms with E-state index in [1.165, 1.54) is 17.3 Å². The molecule has 2 aromatic heterocycles. The van der Waals surface area contributed by atoms with Crippen LogP contribution in [0.25, 0.3) is 11.3 Å². The molecule has 11 nitrogen and oxygen atoms in total. The molecule has 0 saturated heterocycles. The fraction of sp³-hybridized carbons (Fsp3) is 0.345. The lowest BCUT2D eigenvalue weighted by atomic mass is 9.79. The summed E-state index contributed by atoms with van der Waals surface area (Å²) in [7, 11) is 1.83. The first-order valence-electron chi connectivity index (χ1n) is 13.6. The van der Waals surface area contributed by atoms with Crippen LogP contribution in [0.15, 0.2) is 67.3 Å². The summed E-state index contributed by atoms with van der Waals surface area (Å²) >= 11 is 0. The number of nitrogens with two attached hydrogens (primary N) is 1. The van der Waals surface area contributed by atoms with E-state index in [1.807, 2.05) is 66.3 Å². The minimum Gasteiger partial charge on any atom is -0.457 e. The van der Waals surface area contributed by atoms with Crippen LogP contribution in [-0.2, 0) is 0 Å². The first kappa shape index (κ1) is 25.6. The molecule has 0 spiro atoms. The van der Waals surface area contributed by atoms with E-state index in [0.717, 1.165) is 50.0 Å². The van der Waals surface area contributed by atoms with Crippen LogP contribution in [0.4, 0.5) is 10.6 Å². The van der Waals surface area contributed by atoms with Gasteiger partial charge >= 0.3 is 6.03 Å². The van der Waals surface area contributed by atoms with Gasteiger partial charge in [0.25, 0.3) is 5.91 Å². The topological polar surface area (TPSA) is 133 Å². The summed E-state index contributed by atoms with van der Waals surface area (Å²) in [5, 5.41) is 12.3. The van der Waals surface area contributed by atoms with Crippen molar-refractivity contribution in [2.75, 3.05) is 18.9 Å². The Morgan fingerprint density at radius 3 is 2.40 bits per heavy atom. The number of anilines is 1. The van der Waals surface area contributed by atoms with Crippen LogP contribution in [0.3, 0.4) is 0 Å². The molecule has 1 unspecified atom stereocenters. The summed E-state index contributed by atoms with van der Waals surface area (Å²) in [6, 6.07) is 17.2. The first-order chi connectivity index (χ1) is 19.5. The lowest BCUT2D eigenvalue weighted by molar-refractivity contribution is 0.100. The van der Waals surface area contributed by atoms with Crippen LogP contribution in [0.5, 0.6) is 11.5 Å². The van der Waals surface area contributed by atoms with Crippen molar-refractivity contribution in [3.8, 4) is 22.8 Å². The molecule has 2 aliphatic rings. The summed E-state index contributed by atoms with van der Waals surface area (Å²) in [6.45, 7) is 0.741. The Bertz CT molecular complexity index is 1480. The highest BCUT2D eigenvalue weighted by Crippen LogP contribution is 2.42. The fourth-order valence-electron chi connectivity index (χ4n) is 5.98. The summed E-state index contributed by atoms with van der Waals surface area (Å²) in [4.78, 5) is 31.0. The number of carbonyl (C=O) groups excluding carboxylic acids is 2. The number of amides is 2. The largest absolute Gasteiger partial charge is 0.457 e. The maximum absolute atomic E-state index is 12.7. The van der Waals surface area contributed by atoms with E-state index in [2.05, 4.69) is 15.4 Å². The summed E-state index contributed by atoms with van der Waals surface area (Å²) in [5.74, 6) is 2.00. The number of primary amides is 1. The van der Waals surface area contributed by atoms with Crippen molar-refractivity contribution >= 4 is 17.8 Å².